The standard InChI is InChI=1S/C25H32O3/c1-4-7-16-27-23-15-10-9-14-22(23)25(26)24(28-17-8-5-2)19-21-13-11-12-20(6-3)18-21/h9-15,18-19H,4-8,16-17H2,1-3H3. The van der Waals surface area contributed by atoms with E-state index in [1.807, 2.05) is 42.5 Å². The van der Waals surface area contributed by atoms with E-state index in [0.717, 1.165) is 37.7 Å². The summed E-state index contributed by atoms with van der Waals surface area (Å²) in [6, 6.07) is 15.6. The molecule has 3 heteroatoms. The van der Waals surface area contributed by atoms with Crippen LogP contribution in [0.4, 0.5) is 0 Å². The van der Waals surface area contributed by atoms with Crippen LogP contribution < -0.4 is 4.74 Å². The quantitative estimate of drug-likeness (QED) is 0.183. The fourth-order valence-electron chi connectivity index (χ4n) is 2.79. The molecule has 0 saturated carbocycles. The highest BCUT2D eigenvalue weighted by Gasteiger charge is 2.18. The van der Waals surface area contributed by atoms with Crippen LogP contribution in [0.1, 0.15) is 67.9 Å². The second kappa shape index (κ2) is 12.0. The Morgan fingerprint density at radius 2 is 1.68 bits per heavy atom. The van der Waals surface area contributed by atoms with Gasteiger partial charge in [-0.15, -0.1) is 0 Å². The lowest BCUT2D eigenvalue weighted by Gasteiger charge is -2.13. The summed E-state index contributed by atoms with van der Waals surface area (Å²) in [5.41, 5.74) is 2.76. The highest BCUT2D eigenvalue weighted by molar-refractivity contribution is 6.11. The lowest BCUT2D eigenvalue weighted by Crippen LogP contribution is -2.11. The van der Waals surface area contributed by atoms with Crippen LogP contribution in [0.2, 0.25) is 0 Å². The van der Waals surface area contributed by atoms with Gasteiger partial charge in [-0.3, -0.25) is 4.79 Å². The first-order valence-corrected chi connectivity index (χ1v) is 10.4. The molecule has 28 heavy (non-hydrogen) atoms. The molecule has 0 aliphatic carbocycles. The van der Waals surface area contributed by atoms with Crippen molar-refractivity contribution < 1.29 is 14.3 Å². The Morgan fingerprint density at radius 3 is 2.43 bits per heavy atom. The Morgan fingerprint density at radius 1 is 0.929 bits per heavy atom. The van der Waals surface area contributed by atoms with Crippen LogP contribution in [0.25, 0.3) is 6.08 Å². The summed E-state index contributed by atoms with van der Waals surface area (Å²) < 4.78 is 11.8. The molecular formula is C25H32O3. The maximum absolute atomic E-state index is 13.3. The number of benzene rings is 2. The molecule has 0 spiro atoms. The van der Waals surface area contributed by atoms with Crippen molar-refractivity contribution in [3.8, 4) is 5.75 Å². The highest BCUT2D eigenvalue weighted by atomic mass is 16.5. The van der Waals surface area contributed by atoms with E-state index >= 15 is 0 Å². The minimum Gasteiger partial charge on any atom is -0.493 e. The molecule has 0 heterocycles. The number of ketones is 1. The Labute approximate surface area is 169 Å². The van der Waals surface area contributed by atoms with E-state index < -0.39 is 0 Å². The number of aryl methyl sites for hydroxylation is 1. The summed E-state index contributed by atoms with van der Waals surface area (Å²) in [7, 11) is 0. The number of ether oxygens (including phenoxy) is 2. The van der Waals surface area contributed by atoms with Crippen molar-refractivity contribution in [2.45, 2.75) is 52.9 Å². The van der Waals surface area contributed by atoms with Gasteiger partial charge in [0.1, 0.15) is 5.75 Å². The zero-order valence-corrected chi connectivity index (χ0v) is 17.4. The molecule has 0 N–H and O–H groups in total. The maximum Gasteiger partial charge on any atom is 0.231 e. The summed E-state index contributed by atoms with van der Waals surface area (Å²) in [5.74, 6) is 0.853. The molecule has 2 aromatic rings. The average Bonchev–Trinajstić information content (AvgIpc) is 2.73. The fraction of sp³-hybridized carbons (Fsp3) is 0.400. The van der Waals surface area contributed by atoms with E-state index in [2.05, 4.69) is 32.9 Å². The molecular weight excluding hydrogens is 348 g/mol. The van der Waals surface area contributed by atoms with Gasteiger partial charge >= 0.3 is 0 Å². The van der Waals surface area contributed by atoms with Gasteiger partial charge in [0.15, 0.2) is 5.76 Å². The molecule has 0 aliphatic heterocycles. The average molecular weight is 381 g/mol. The third-order valence-corrected chi connectivity index (χ3v) is 4.52. The number of Topliss-reactive ketones (excluding diaryl/α,β-unsaturated/α-hetero) is 1. The van der Waals surface area contributed by atoms with Gasteiger partial charge in [0.25, 0.3) is 0 Å². The van der Waals surface area contributed by atoms with Crippen molar-refractivity contribution in [2.24, 2.45) is 0 Å². The van der Waals surface area contributed by atoms with Crippen LogP contribution in [0.3, 0.4) is 0 Å². The molecule has 0 saturated heterocycles. The largest absolute Gasteiger partial charge is 0.493 e. The van der Waals surface area contributed by atoms with Crippen molar-refractivity contribution in [1.29, 1.82) is 0 Å². The van der Waals surface area contributed by atoms with Crippen LogP contribution in [0, 0.1) is 0 Å². The van der Waals surface area contributed by atoms with Gasteiger partial charge in [0.05, 0.1) is 18.8 Å². The van der Waals surface area contributed by atoms with E-state index in [9.17, 15) is 4.79 Å². The molecule has 0 atom stereocenters. The SMILES string of the molecule is CCCCOC(=Cc1cccc(CC)c1)C(=O)c1ccccc1OCCCC. The number of para-hydroxylation sites is 1. The third-order valence-electron chi connectivity index (χ3n) is 4.52. The lowest BCUT2D eigenvalue weighted by molar-refractivity contribution is 0.0916. The smallest absolute Gasteiger partial charge is 0.231 e. The van der Waals surface area contributed by atoms with Crippen molar-refractivity contribution in [3.05, 3.63) is 71.0 Å². The monoisotopic (exact) mass is 380 g/mol. The number of hydrogen-bond donors (Lipinski definition) is 0. The lowest BCUT2D eigenvalue weighted by atomic mass is 10.0. The summed E-state index contributed by atoms with van der Waals surface area (Å²) in [6.45, 7) is 7.48. The Kier molecular flexibility index (Phi) is 9.33. The van der Waals surface area contributed by atoms with E-state index in [4.69, 9.17) is 9.47 Å². The number of allylic oxidation sites excluding steroid dienone is 1. The first kappa shape index (κ1) is 21.7. The summed E-state index contributed by atoms with van der Waals surface area (Å²) >= 11 is 0. The molecule has 0 aromatic heterocycles. The van der Waals surface area contributed by atoms with E-state index in [1.165, 1.54) is 5.56 Å². The highest BCUT2D eigenvalue weighted by Crippen LogP contribution is 2.24. The predicted octanol–water partition coefficient (Wildman–Crippen LogP) is 6.47. The number of rotatable bonds is 12. The van der Waals surface area contributed by atoms with Crippen LogP contribution in [0.15, 0.2) is 54.3 Å². The number of unbranched alkanes of at least 4 members (excludes halogenated alkanes) is 2. The van der Waals surface area contributed by atoms with Crippen molar-refractivity contribution >= 4 is 11.9 Å². The van der Waals surface area contributed by atoms with Crippen molar-refractivity contribution in [3.63, 3.8) is 0 Å². The van der Waals surface area contributed by atoms with Gasteiger partial charge in [-0.05, 0) is 48.6 Å². The number of carbonyl (C=O) groups is 1. The van der Waals surface area contributed by atoms with E-state index in [1.54, 1.807) is 0 Å². The minimum absolute atomic E-state index is 0.134. The predicted molar refractivity (Wildman–Crippen MR) is 116 cm³/mol. The van der Waals surface area contributed by atoms with E-state index in [0.29, 0.717) is 30.3 Å². The molecule has 2 aromatic carbocycles. The van der Waals surface area contributed by atoms with Gasteiger partial charge in [-0.1, -0.05) is 70.0 Å². The normalized spacial score (nSPS) is 11.3. The number of hydrogen-bond acceptors (Lipinski definition) is 3. The molecule has 0 fully saturated rings. The molecule has 0 amide bonds. The molecule has 0 aliphatic rings. The van der Waals surface area contributed by atoms with Gasteiger partial charge in [-0.25, -0.2) is 0 Å². The van der Waals surface area contributed by atoms with Crippen molar-refractivity contribution in [1.82, 2.24) is 0 Å². The topological polar surface area (TPSA) is 35.5 Å². The van der Waals surface area contributed by atoms with Crippen molar-refractivity contribution in [2.75, 3.05) is 13.2 Å². The summed E-state index contributed by atoms with van der Waals surface area (Å²) in [6.07, 6.45) is 6.74. The Balaban J connectivity index is 2.32. The van der Waals surface area contributed by atoms with Crippen LogP contribution in [-0.4, -0.2) is 19.0 Å². The molecule has 0 bridgehead atoms. The van der Waals surface area contributed by atoms with Crippen LogP contribution >= 0.6 is 0 Å². The second-order valence-corrected chi connectivity index (χ2v) is 6.84. The summed E-state index contributed by atoms with van der Waals surface area (Å²) in [4.78, 5) is 13.3. The molecule has 0 radical (unpaired) electrons. The molecule has 3 nitrogen and oxygen atoms in total. The zero-order valence-electron chi connectivity index (χ0n) is 17.4. The Bertz CT molecular complexity index is 777. The van der Waals surface area contributed by atoms with Gasteiger partial charge in [0.2, 0.25) is 5.78 Å². The summed E-state index contributed by atoms with van der Waals surface area (Å²) in [5, 5.41) is 0. The van der Waals surface area contributed by atoms with Gasteiger partial charge < -0.3 is 9.47 Å². The minimum atomic E-state index is -0.134. The third kappa shape index (κ3) is 6.56. The first-order valence-electron chi connectivity index (χ1n) is 10.4. The fourth-order valence-corrected chi connectivity index (χ4v) is 2.79. The first-order chi connectivity index (χ1) is 13.7. The van der Waals surface area contributed by atoms with Crippen LogP contribution in [0.5, 0.6) is 5.75 Å². The molecule has 0 unspecified atom stereocenters. The van der Waals surface area contributed by atoms with Crippen LogP contribution in [-0.2, 0) is 11.2 Å². The molecule has 150 valence electrons. The number of carbonyl (C=O) groups excluding carboxylic acids is 1. The van der Waals surface area contributed by atoms with Gasteiger partial charge in [-0.2, -0.15) is 0 Å². The Hall–Kier alpha value is -2.55. The zero-order chi connectivity index (χ0) is 20.2. The molecule has 2 rings (SSSR count). The maximum atomic E-state index is 13.3. The van der Waals surface area contributed by atoms with Gasteiger partial charge in [0, 0.05) is 0 Å². The second-order valence-electron chi connectivity index (χ2n) is 6.84. The van der Waals surface area contributed by atoms with E-state index in [-0.39, 0.29) is 5.78 Å².